The number of hydrogen-bond donors (Lipinski definition) is 2. The summed E-state index contributed by atoms with van der Waals surface area (Å²) in [7, 11) is 0. The van der Waals surface area contributed by atoms with Crippen molar-refractivity contribution in [3.05, 3.63) is 52.8 Å². The van der Waals surface area contributed by atoms with Crippen molar-refractivity contribution in [1.82, 2.24) is 20.5 Å². The van der Waals surface area contributed by atoms with E-state index >= 15 is 0 Å². The standard InChI is InChI=1S/C20H22N5/c1-5-14-16-18-15(11(2)24-25-18)10-22-19(16)23-17(14)12-6-8-13(9-7-12)20(3,4)21/h6-10H,5,21H2,1-4H3,(H,24,25). The van der Waals surface area contributed by atoms with E-state index < -0.39 is 0 Å². The second-order valence-corrected chi connectivity index (χ2v) is 7.15. The van der Waals surface area contributed by atoms with E-state index in [1.54, 1.807) is 0 Å². The number of pyridine rings is 1. The molecule has 0 atom stereocenters. The predicted molar refractivity (Wildman–Crippen MR) is 101 cm³/mol. The molecule has 4 rings (SSSR count). The minimum absolute atomic E-state index is 0.350. The summed E-state index contributed by atoms with van der Waals surface area (Å²) in [6.45, 7) is 8.16. The molecular weight excluding hydrogens is 310 g/mol. The largest absolute Gasteiger partial charge is 0.322 e. The Labute approximate surface area is 147 Å². The van der Waals surface area contributed by atoms with Crippen LogP contribution < -0.4 is 11.1 Å². The van der Waals surface area contributed by atoms with Gasteiger partial charge in [0.25, 0.3) is 0 Å². The smallest absolute Gasteiger partial charge is 0.162 e. The first-order chi connectivity index (χ1) is 11.9. The molecule has 3 heterocycles. The van der Waals surface area contributed by atoms with Gasteiger partial charge in [0.2, 0.25) is 0 Å². The number of aryl methyl sites for hydroxylation is 1. The molecule has 0 saturated heterocycles. The Hall–Kier alpha value is -2.66. The maximum atomic E-state index is 6.19. The van der Waals surface area contributed by atoms with E-state index in [9.17, 15) is 0 Å². The molecule has 0 saturated carbocycles. The van der Waals surface area contributed by atoms with Crippen molar-refractivity contribution in [1.29, 1.82) is 0 Å². The van der Waals surface area contributed by atoms with E-state index in [-0.39, 0.29) is 5.54 Å². The predicted octanol–water partition coefficient (Wildman–Crippen LogP) is 3.99. The summed E-state index contributed by atoms with van der Waals surface area (Å²) in [4.78, 5) is 4.56. The third-order valence-electron chi connectivity index (χ3n) is 4.85. The zero-order valence-electron chi connectivity index (χ0n) is 15.0. The van der Waals surface area contributed by atoms with E-state index in [0.717, 1.165) is 51.2 Å². The lowest BCUT2D eigenvalue weighted by Gasteiger charge is -2.19. The Kier molecular flexibility index (Phi) is 3.44. The molecule has 0 aliphatic carbocycles. The first-order valence-corrected chi connectivity index (χ1v) is 8.59. The van der Waals surface area contributed by atoms with Gasteiger partial charge in [-0.1, -0.05) is 31.2 Å². The topological polar surface area (TPSA) is 81.7 Å². The second-order valence-electron chi connectivity index (χ2n) is 7.15. The minimum Gasteiger partial charge on any atom is -0.322 e. The van der Waals surface area contributed by atoms with Crippen LogP contribution in [0.2, 0.25) is 0 Å². The molecular formula is C20H22N5. The van der Waals surface area contributed by atoms with Crippen molar-refractivity contribution < 1.29 is 0 Å². The van der Waals surface area contributed by atoms with Crippen LogP contribution in [0.1, 0.15) is 49.6 Å². The van der Waals surface area contributed by atoms with Gasteiger partial charge in [0.05, 0.1) is 22.5 Å². The van der Waals surface area contributed by atoms with Crippen LogP contribution in [0.4, 0.5) is 5.82 Å². The number of allylic oxidation sites excluding steroid dienone is 1. The molecule has 3 aromatic rings. The van der Waals surface area contributed by atoms with Gasteiger partial charge in [-0.05, 0) is 38.3 Å². The molecule has 3 N–H and O–H groups in total. The fraction of sp³-hybridized carbons (Fsp3) is 0.300. The number of nitrogens with two attached hydrogens (primary N) is 1. The summed E-state index contributed by atoms with van der Waals surface area (Å²) in [5.41, 5.74) is 13.3. The zero-order chi connectivity index (χ0) is 17.8. The Bertz CT molecular complexity index is 987. The normalized spacial score (nSPS) is 14.1. The quantitative estimate of drug-likeness (QED) is 0.761. The Morgan fingerprint density at radius 2 is 1.88 bits per heavy atom. The lowest BCUT2D eigenvalue weighted by molar-refractivity contribution is 0.554. The van der Waals surface area contributed by atoms with Gasteiger partial charge >= 0.3 is 0 Å². The average molecular weight is 332 g/mol. The van der Waals surface area contributed by atoms with E-state index in [2.05, 4.69) is 46.4 Å². The van der Waals surface area contributed by atoms with Crippen molar-refractivity contribution in [3.8, 4) is 0 Å². The summed E-state index contributed by atoms with van der Waals surface area (Å²) in [6, 6.07) is 8.36. The molecule has 0 bridgehead atoms. The number of hydrogen-bond acceptors (Lipinski definition) is 3. The van der Waals surface area contributed by atoms with Gasteiger partial charge in [0.15, 0.2) is 5.82 Å². The van der Waals surface area contributed by atoms with Gasteiger partial charge in [-0.25, -0.2) is 10.3 Å². The molecule has 5 nitrogen and oxygen atoms in total. The highest BCUT2D eigenvalue weighted by Gasteiger charge is 2.27. The first-order valence-electron chi connectivity index (χ1n) is 8.59. The van der Waals surface area contributed by atoms with Crippen LogP contribution in [0.5, 0.6) is 0 Å². The van der Waals surface area contributed by atoms with Crippen molar-refractivity contribution in [2.45, 2.75) is 39.7 Å². The van der Waals surface area contributed by atoms with Gasteiger partial charge in [-0.15, -0.1) is 0 Å². The summed E-state index contributed by atoms with van der Waals surface area (Å²) in [6.07, 6.45) is 2.74. The van der Waals surface area contributed by atoms with Crippen LogP contribution in [0.25, 0.3) is 22.2 Å². The third kappa shape index (κ3) is 2.43. The van der Waals surface area contributed by atoms with Crippen LogP contribution in [-0.4, -0.2) is 15.2 Å². The molecule has 1 aliphatic heterocycles. The molecule has 5 heteroatoms. The van der Waals surface area contributed by atoms with Crippen molar-refractivity contribution in [2.24, 2.45) is 5.73 Å². The molecule has 1 aromatic carbocycles. The van der Waals surface area contributed by atoms with Gasteiger partial charge in [0, 0.05) is 22.7 Å². The Morgan fingerprint density at radius 3 is 2.52 bits per heavy atom. The first kappa shape index (κ1) is 15.8. The number of nitrogens with one attached hydrogen (secondary N) is 1. The number of nitrogens with zero attached hydrogens (tertiary/aromatic N) is 3. The van der Waals surface area contributed by atoms with E-state index in [4.69, 9.17) is 11.1 Å². The highest BCUT2D eigenvalue weighted by atomic mass is 15.1. The lowest BCUT2D eigenvalue weighted by atomic mass is 9.93. The molecule has 0 unspecified atom stereocenters. The number of benzene rings is 1. The monoisotopic (exact) mass is 332 g/mol. The van der Waals surface area contributed by atoms with Crippen molar-refractivity contribution >= 4 is 28.0 Å². The molecule has 127 valence electrons. The van der Waals surface area contributed by atoms with Gasteiger partial charge in [-0.2, -0.15) is 5.10 Å². The van der Waals surface area contributed by atoms with Gasteiger partial charge in [-0.3, -0.25) is 5.10 Å². The van der Waals surface area contributed by atoms with E-state index in [1.165, 1.54) is 5.57 Å². The number of H-pyrrole nitrogens is 1. The number of rotatable bonds is 3. The maximum Gasteiger partial charge on any atom is 0.162 e. The highest BCUT2D eigenvalue weighted by Crippen LogP contribution is 2.43. The molecule has 0 amide bonds. The second kappa shape index (κ2) is 5.43. The van der Waals surface area contributed by atoms with Crippen LogP contribution in [-0.2, 0) is 5.54 Å². The maximum absolute atomic E-state index is 6.19. The van der Waals surface area contributed by atoms with Gasteiger partial charge < -0.3 is 5.73 Å². The van der Waals surface area contributed by atoms with E-state index in [0.29, 0.717) is 0 Å². The highest BCUT2D eigenvalue weighted by molar-refractivity contribution is 6.07. The third-order valence-corrected chi connectivity index (χ3v) is 4.85. The van der Waals surface area contributed by atoms with Crippen LogP contribution in [0, 0.1) is 6.92 Å². The molecule has 25 heavy (non-hydrogen) atoms. The summed E-state index contributed by atoms with van der Waals surface area (Å²) in [5.74, 6) is 0.770. The zero-order valence-corrected chi connectivity index (χ0v) is 15.0. The fourth-order valence-electron chi connectivity index (χ4n) is 3.39. The lowest BCUT2D eigenvalue weighted by Crippen LogP contribution is -2.28. The summed E-state index contributed by atoms with van der Waals surface area (Å²) >= 11 is 0. The fourth-order valence-corrected chi connectivity index (χ4v) is 3.39. The number of aromatic nitrogens is 3. The van der Waals surface area contributed by atoms with Crippen LogP contribution >= 0.6 is 0 Å². The minimum atomic E-state index is -0.350. The molecule has 2 aromatic heterocycles. The van der Waals surface area contributed by atoms with Crippen LogP contribution in [0.3, 0.4) is 0 Å². The Morgan fingerprint density at radius 1 is 1.16 bits per heavy atom. The van der Waals surface area contributed by atoms with E-state index in [1.807, 2.05) is 27.0 Å². The number of fused-ring (bicyclic) bond motifs is 3. The van der Waals surface area contributed by atoms with Gasteiger partial charge in [0.1, 0.15) is 0 Å². The number of aromatic amines is 1. The molecule has 1 radical (unpaired) electrons. The van der Waals surface area contributed by atoms with Crippen LogP contribution in [0.15, 0.2) is 30.5 Å². The average Bonchev–Trinajstić information content (AvgIpc) is 3.14. The SMILES string of the molecule is CCC1=C(c2ccc(C(C)(C)N)cc2)[N]c2ncc3c(C)n[nH]c3c21. The van der Waals surface area contributed by atoms with Crippen molar-refractivity contribution in [3.63, 3.8) is 0 Å². The molecule has 0 spiro atoms. The summed E-state index contributed by atoms with van der Waals surface area (Å²) < 4.78 is 0. The Balaban J connectivity index is 1.85. The molecule has 0 fully saturated rings. The summed E-state index contributed by atoms with van der Waals surface area (Å²) in [5, 5.41) is 13.4. The molecule has 1 aliphatic rings. The van der Waals surface area contributed by atoms with Crippen molar-refractivity contribution in [2.75, 3.05) is 0 Å².